The minimum absolute atomic E-state index is 0.221. The van der Waals surface area contributed by atoms with Crippen molar-refractivity contribution < 1.29 is 13.9 Å². The van der Waals surface area contributed by atoms with Gasteiger partial charge < -0.3 is 19.5 Å². The topological polar surface area (TPSA) is 80.1 Å². The Bertz CT molecular complexity index is 1320. The van der Waals surface area contributed by atoms with Crippen molar-refractivity contribution in [2.24, 2.45) is 0 Å². The van der Waals surface area contributed by atoms with E-state index in [9.17, 15) is 4.79 Å². The zero-order valence-electron chi connectivity index (χ0n) is 15.6. The molecule has 0 aliphatic heterocycles. The molecule has 6 heteroatoms. The lowest BCUT2D eigenvalue weighted by molar-refractivity contribution is 0.0998. The summed E-state index contributed by atoms with van der Waals surface area (Å²) in [6.45, 7) is 0. The smallest absolute Gasteiger partial charge is 0.291 e. The van der Waals surface area contributed by atoms with E-state index in [2.05, 4.69) is 15.3 Å². The second kappa shape index (κ2) is 6.83. The molecule has 5 aromatic rings. The van der Waals surface area contributed by atoms with Gasteiger partial charge in [-0.05, 0) is 36.4 Å². The van der Waals surface area contributed by atoms with E-state index < -0.39 is 0 Å². The van der Waals surface area contributed by atoms with Crippen LogP contribution >= 0.6 is 0 Å². The lowest BCUT2D eigenvalue weighted by atomic mass is 10.2. The molecule has 0 atom stereocenters. The normalized spacial score (nSPS) is 11.1. The molecular formula is C23H17N3O3. The van der Waals surface area contributed by atoms with E-state index in [1.165, 1.54) is 0 Å². The van der Waals surface area contributed by atoms with E-state index >= 15 is 0 Å². The number of H-pyrrole nitrogens is 1. The van der Waals surface area contributed by atoms with Crippen LogP contribution in [-0.4, -0.2) is 23.0 Å². The number of nitrogens with zero attached hydrogens (tertiary/aromatic N) is 1. The maximum Gasteiger partial charge on any atom is 0.291 e. The monoisotopic (exact) mass is 383 g/mol. The fourth-order valence-corrected chi connectivity index (χ4v) is 3.34. The molecule has 142 valence electrons. The third kappa shape index (κ3) is 3.10. The van der Waals surface area contributed by atoms with E-state index in [4.69, 9.17) is 9.15 Å². The van der Waals surface area contributed by atoms with Crippen molar-refractivity contribution in [1.29, 1.82) is 0 Å². The first-order chi connectivity index (χ1) is 14.2. The number of fused-ring (bicyclic) bond motifs is 2. The number of hydrogen-bond acceptors (Lipinski definition) is 4. The Morgan fingerprint density at radius 3 is 2.76 bits per heavy atom. The molecule has 2 heterocycles. The molecule has 29 heavy (non-hydrogen) atoms. The SMILES string of the molecule is COc1cccc2cc(C(=O)Nc3cccc(-c4nc5ccccc5[nH]4)c3)oc12. The molecule has 0 unspecified atom stereocenters. The molecule has 2 N–H and O–H groups in total. The van der Waals surface area contributed by atoms with Crippen LogP contribution in [0.5, 0.6) is 5.75 Å². The molecule has 0 fully saturated rings. The van der Waals surface area contributed by atoms with Crippen LogP contribution in [0.25, 0.3) is 33.4 Å². The summed E-state index contributed by atoms with van der Waals surface area (Å²) in [5, 5.41) is 3.70. The largest absolute Gasteiger partial charge is 0.493 e. The third-order valence-electron chi connectivity index (χ3n) is 4.73. The van der Waals surface area contributed by atoms with Gasteiger partial charge in [0, 0.05) is 16.6 Å². The highest BCUT2D eigenvalue weighted by molar-refractivity contribution is 6.05. The number of imidazole rings is 1. The predicted octanol–water partition coefficient (Wildman–Crippen LogP) is 5.24. The van der Waals surface area contributed by atoms with Gasteiger partial charge in [0.2, 0.25) is 0 Å². The van der Waals surface area contributed by atoms with Crippen LogP contribution in [0.15, 0.2) is 77.2 Å². The molecule has 2 aromatic heterocycles. The quantitative estimate of drug-likeness (QED) is 0.445. The molecule has 6 nitrogen and oxygen atoms in total. The number of para-hydroxylation sites is 3. The maximum atomic E-state index is 12.7. The highest BCUT2D eigenvalue weighted by atomic mass is 16.5. The van der Waals surface area contributed by atoms with Crippen molar-refractivity contribution in [3.05, 3.63) is 78.6 Å². The van der Waals surface area contributed by atoms with Crippen molar-refractivity contribution in [1.82, 2.24) is 9.97 Å². The third-order valence-corrected chi connectivity index (χ3v) is 4.73. The molecule has 0 radical (unpaired) electrons. The molecule has 0 saturated heterocycles. The fourth-order valence-electron chi connectivity index (χ4n) is 3.34. The number of ether oxygens (including phenoxy) is 1. The zero-order valence-corrected chi connectivity index (χ0v) is 15.6. The van der Waals surface area contributed by atoms with Crippen LogP contribution in [0.3, 0.4) is 0 Å². The standard InChI is InChI=1S/C23H17N3O3/c1-28-19-11-5-6-14-13-20(29-21(14)19)23(27)24-16-8-4-7-15(12-16)22-25-17-9-2-3-10-18(17)26-22/h2-13H,1H3,(H,24,27)(H,25,26). The van der Waals surface area contributed by atoms with Crippen LogP contribution in [-0.2, 0) is 0 Å². The minimum atomic E-state index is -0.329. The lowest BCUT2D eigenvalue weighted by Crippen LogP contribution is -2.10. The Hall–Kier alpha value is -4.06. The van der Waals surface area contributed by atoms with Gasteiger partial charge in [0.15, 0.2) is 17.1 Å². The first-order valence-corrected chi connectivity index (χ1v) is 9.14. The van der Waals surface area contributed by atoms with Gasteiger partial charge in [-0.15, -0.1) is 0 Å². The number of carbonyl (C=O) groups excluding carboxylic acids is 1. The number of hydrogen-bond donors (Lipinski definition) is 2. The summed E-state index contributed by atoms with van der Waals surface area (Å²) in [6.07, 6.45) is 0. The van der Waals surface area contributed by atoms with Crippen LogP contribution in [0.2, 0.25) is 0 Å². The summed E-state index contributed by atoms with van der Waals surface area (Å²) in [7, 11) is 1.57. The Balaban J connectivity index is 1.43. The first-order valence-electron chi connectivity index (χ1n) is 9.14. The van der Waals surface area contributed by atoms with Gasteiger partial charge in [-0.2, -0.15) is 0 Å². The number of nitrogens with one attached hydrogen (secondary N) is 2. The Labute approximate surface area is 166 Å². The number of anilines is 1. The summed E-state index contributed by atoms with van der Waals surface area (Å²) in [5.41, 5.74) is 3.95. The van der Waals surface area contributed by atoms with Gasteiger partial charge in [0.1, 0.15) is 5.82 Å². The molecule has 0 bridgehead atoms. The number of aromatic nitrogens is 2. The van der Waals surface area contributed by atoms with Gasteiger partial charge >= 0.3 is 0 Å². The second-order valence-corrected chi connectivity index (χ2v) is 6.63. The van der Waals surface area contributed by atoms with Gasteiger partial charge in [0.05, 0.1) is 18.1 Å². The second-order valence-electron chi connectivity index (χ2n) is 6.63. The molecule has 0 aliphatic rings. The van der Waals surface area contributed by atoms with Gasteiger partial charge in [-0.25, -0.2) is 4.98 Å². The number of amides is 1. The molecule has 0 spiro atoms. The molecular weight excluding hydrogens is 366 g/mol. The van der Waals surface area contributed by atoms with Crippen molar-refractivity contribution in [3.63, 3.8) is 0 Å². The van der Waals surface area contributed by atoms with Crippen LogP contribution in [0, 0.1) is 0 Å². The summed E-state index contributed by atoms with van der Waals surface area (Å²) in [5.74, 6) is 1.23. The number of rotatable bonds is 4. The number of benzene rings is 3. The molecule has 5 rings (SSSR count). The Kier molecular flexibility index (Phi) is 4.02. The van der Waals surface area contributed by atoms with E-state index in [1.54, 1.807) is 19.2 Å². The zero-order chi connectivity index (χ0) is 19.8. The van der Waals surface area contributed by atoms with Crippen LogP contribution in [0.1, 0.15) is 10.6 Å². The average molecular weight is 383 g/mol. The van der Waals surface area contributed by atoms with Gasteiger partial charge in [-0.3, -0.25) is 4.79 Å². The number of aromatic amines is 1. The van der Waals surface area contributed by atoms with E-state index in [0.717, 1.165) is 27.8 Å². The van der Waals surface area contributed by atoms with Gasteiger partial charge in [-0.1, -0.05) is 36.4 Å². The molecule has 1 amide bonds. The molecule has 3 aromatic carbocycles. The van der Waals surface area contributed by atoms with Crippen molar-refractivity contribution in [3.8, 4) is 17.1 Å². The Morgan fingerprint density at radius 1 is 1.03 bits per heavy atom. The van der Waals surface area contributed by atoms with Crippen molar-refractivity contribution in [2.45, 2.75) is 0 Å². The number of methoxy groups -OCH3 is 1. The van der Waals surface area contributed by atoms with Crippen molar-refractivity contribution >= 4 is 33.6 Å². The molecule has 0 saturated carbocycles. The summed E-state index contributed by atoms with van der Waals surface area (Å²) in [4.78, 5) is 20.6. The summed E-state index contributed by atoms with van der Waals surface area (Å²) >= 11 is 0. The minimum Gasteiger partial charge on any atom is -0.493 e. The van der Waals surface area contributed by atoms with E-state index in [0.29, 0.717) is 17.0 Å². The Morgan fingerprint density at radius 2 is 1.90 bits per heavy atom. The summed E-state index contributed by atoms with van der Waals surface area (Å²) in [6, 6.07) is 22.6. The number of carbonyl (C=O) groups is 1. The maximum absolute atomic E-state index is 12.7. The fraction of sp³-hybridized carbons (Fsp3) is 0.0435. The van der Waals surface area contributed by atoms with Crippen LogP contribution < -0.4 is 10.1 Å². The van der Waals surface area contributed by atoms with E-state index in [-0.39, 0.29) is 11.7 Å². The predicted molar refractivity (Wildman–Crippen MR) is 112 cm³/mol. The number of furan rings is 1. The van der Waals surface area contributed by atoms with E-state index in [1.807, 2.05) is 60.7 Å². The van der Waals surface area contributed by atoms with Crippen LogP contribution in [0.4, 0.5) is 5.69 Å². The summed E-state index contributed by atoms with van der Waals surface area (Å²) < 4.78 is 11.0. The van der Waals surface area contributed by atoms with Gasteiger partial charge in [0.25, 0.3) is 5.91 Å². The highest BCUT2D eigenvalue weighted by Gasteiger charge is 2.15. The average Bonchev–Trinajstić information content (AvgIpc) is 3.38. The first kappa shape index (κ1) is 17.1. The van der Waals surface area contributed by atoms with Crippen molar-refractivity contribution in [2.75, 3.05) is 12.4 Å². The molecule has 0 aliphatic carbocycles. The lowest BCUT2D eigenvalue weighted by Gasteiger charge is -2.05. The highest BCUT2D eigenvalue weighted by Crippen LogP contribution is 2.29.